The maximum Gasteiger partial charge on any atom is 0.0104 e. The maximum atomic E-state index is 3.53. The average Bonchev–Trinajstić information content (AvgIpc) is 2.51. The van der Waals surface area contributed by atoms with Crippen molar-refractivity contribution in [3.05, 3.63) is 0 Å². The van der Waals surface area contributed by atoms with Gasteiger partial charge in [-0.2, -0.15) is 0 Å². The van der Waals surface area contributed by atoms with Gasteiger partial charge in [0.2, 0.25) is 0 Å². The molecule has 2 unspecified atom stereocenters. The van der Waals surface area contributed by atoms with Crippen LogP contribution in [0.4, 0.5) is 0 Å². The molecule has 0 aromatic carbocycles. The van der Waals surface area contributed by atoms with E-state index >= 15 is 0 Å². The summed E-state index contributed by atoms with van der Waals surface area (Å²) in [5.41, 5.74) is 0. The minimum atomic E-state index is 1.01. The molecule has 1 saturated carbocycles. The van der Waals surface area contributed by atoms with Gasteiger partial charge in [-0.15, -0.1) is 0 Å². The highest BCUT2D eigenvalue weighted by Gasteiger charge is 2.25. The van der Waals surface area contributed by atoms with Gasteiger partial charge in [-0.25, -0.2) is 0 Å². The minimum Gasteiger partial charge on any atom is -0.315 e. The van der Waals surface area contributed by atoms with Gasteiger partial charge in [-0.3, -0.25) is 0 Å². The summed E-state index contributed by atoms with van der Waals surface area (Å²) in [6.07, 6.45) is 5.88. The van der Waals surface area contributed by atoms with Crippen molar-refractivity contribution < 1.29 is 0 Å². The van der Waals surface area contributed by atoms with Crippen molar-refractivity contribution in [1.82, 2.24) is 10.2 Å². The summed E-state index contributed by atoms with van der Waals surface area (Å²) in [7, 11) is 2.26. The number of hydrogen-bond acceptors (Lipinski definition) is 2. The van der Waals surface area contributed by atoms with E-state index in [4.69, 9.17) is 0 Å². The van der Waals surface area contributed by atoms with Crippen LogP contribution in [0.25, 0.3) is 0 Å². The molecule has 2 rings (SSSR count). The van der Waals surface area contributed by atoms with Crippen LogP contribution in [-0.4, -0.2) is 38.1 Å². The van der Waals surface area contributed by atoms with E-state index < -0.39 is 0 Å². The smallest absolute Gasteiger partial charge is 0.0104 e. The second-order valence-corrected chi connectivity index (χ2v) is 4.85. The Morgan fingerprint density at radius 3 is 2.85 bits per heavy atom. The molecule has 2 bridgehead atoms. The zero-order valence-corrected chi connectivity index (χ0v) is 8.76. The summed E-state index contributed by atoms with van der Waals surface area (Å²) < 4.78 is 0. The van der Waals surface area contributed by atoms with Crippen molar-refractivity contribution in [2.24, 2.45) is 11.8 Å². The van der Waals surface area contributed by atoms with Crippen LogP contribution in [0, 0.1) is 11.8 Å². The SMILES string of the molecule is CN1CCNCCC2CCC(C2)C1. The Morgan fingerprint density at radius 2 is 1.92 bits per heavy atom. The van der Waals surface area contributed by atoms with Crippen molar-refractivity contribution in [3.63, 3.8) is 0 Å². The Morgan fingerprint density at radius 1 is 1.08 bits per heavy atom. The molecule has 1 aliphatic carbocycles. The molecular weight excluding hydrogens is 160 g/mol. The molecule has 0 radical (unpaired) electrons. The molecule has 1 saturated heterocycles. The molecule has 76 valence electrons. The molecule has 1 heterocycles. The standard InChI is InChI=1S/C11H22N2/c1-13-7-6-12-5-4-10-2-3-11(8-10)9-13/h10-12H,2-9H2,1H3. The molecule has 0 amide bonds. The van der Waals surface area contributed by atoms with Crippen LogP contribution in [0.1, 0.15) is 25.7 Å². The fourth-order valence-corrected chi connectivity index (χ4v) is 2.84. The van der Waals surface area contributed by atoms with E-state index in [0.29, 0.717) is 0 Å². The molecule has 2 nitrogen and oxygen atoms in total. The van der Waals surface area contributed by atoms with E-state index in [1.807, 2.05) is 0 Å². The quantitative estimate of drug-likeness (QED) is 0.608. The Kier molecular flexibility index (Phi) is 3.23. The van der Waals surface area contributed by atoms with Crippen molar-refractivity contribution >= 4 is 0 Å². The van der Waals surface area contributed by atoms with E-state index in [2.05, 4.69) is 17.3 Å². The number of hydrogen-bond donors (Lipinski definition) is 1. The summed E-state index contributed by atoms with van der Waals surface area (Å²) in [5, 5.41) is 3.53. The van der Waals surface area contributed by atoms with E-state index in [0.717, 1.165) is 11.8 Å². The molecular formula is C11H22N2. The number of likely N-dealkylation sites (N-methyl/N-ethyl adjacent to an activating group) is 1. The maximum absolute atomic E-state index is 3.53. The predicted molar refractivity (Wildman–Crippen MR) is 55.8 cm³/mol. The zero-order valence-electron chi connectivity index (χ0n) is 8.76. The molecule has 2 atom stereocenters. The fraction of sp³-hybridized carbons (Fsp3) is 1.00. The summed E-state index contributed by atoms with van der Waals surface area (Å²) in [6, 6.07) is 0. The molecule has 13 heavy (non-hydrogen) atoms. The topological polar surface area (TPSA) is 15.3 Å². The lowest BCUT2D eigenvalue weighted by atomic mass is 10.0. The van der Waals surface area contributed by atoms with Crippen LogP contribution >= 0.6 is 0 Å². The van der Waals surface area contributed by atoms with Gasteiger partial charge < -0.3 is 10.2 Å². The van der Waals surface area contributed by atoms with E-state index in [1.165, 1.54) is 51.9 Å². The fourth-order valence-electron chi connectivity index (χ4n) is 2.84. The van der Waals surface area contributed by atoms with Gasteiger partial charge in [0.1, 0.15) is 0 Å². The first-order valence-electron chi connectivity index (χ1n) is 5.74. The normalized spacial score (nSPS) is 37.6. The number of nitrogens with one attached hydrogen (secondary N) is 1. The third-order valence-electron chi connectivity index (χ3n) is 3.62. The second kappa shape index (κ2) is 4.43. The third kappa shape index (κ3) is 2.68. The lowest BCUT2D eigenvalue weighted by molar-refractivity contribution is 0.265. The molecule has 0 spiro atoms. The lowest BCUT2D eigenvalue weighted by Gasteiger charge is -2.22. The molecule has 2 heteroatoms. The Hall–Kier alpha value is -0.0800. The van der Waals surface area contributed by atoms with Gasteiger partial charge in [0.15, 0.2) is 0 Å². The summed E-state index contributed by atoms with van der Waals surface area (Å²) in [5.74, 6) is 2.04. The lowest BCUT2D eigenvalue weighted by Crippen LogP contribution is -2.33. The van der Waals surface area contributed by atoms with Crippen LogP contribution < -0.4 is 5.32 Å². The molecule has 0 aromatic rings. The van der Waals surface area contributed by atoms with Gasteiger partial charge in [-0.1, -0.05) is 6.42 Å². The van der Waals surface area contributed by atoms with Crippen LogP contribution in [0.2, 0.25) is 0 Å². The minimum absolute atomic E-state index is 1.01. The Labute approximate surface area is 81.7 Å². The molecule has 1 N–H and O–H groups in total. The summed E-state index contributed by atoms with van der Waals surface area (Å²) in [6.45, 7) is 4.97. The van der Waals surface area contributed by atoms with E-state index in [-0.39, 0.29) is 0 Å². The van der Waals surface area contributed by atoms with Crippen molar-refractivity contribution in [3.8, 4) is 0 Å². The van der Waals surface area contributed by atoms with Crippen molar-refractivity contribution in [2.45, 2.75) is 25.7 Å². The van der Waals surface area contributed by atoms with Gasteiger partial charge in [-0.05, 0) is 44.7 Å². The second-order valence-electron chi connectivity index (χ2n) is 4.85. The summed E-state index contributed by atoms with van der Waals surface area (Å²) in [4.78, 5) is 2.49. The number of rotatable bonds is 0. The van der Waals surface area contributed by atoms with Crippen molar-refractivity contribution in [2.75, 3.05) is 33.2 Å². The molecule has 0 aromatic heterocycles. The van der Waals surface area contributed by atoms with Crippen LogP contribution in [-0.2, 0) is 0 Å². The average molecular weight is 182 g/mol. The first kappa shape index (κ1) is 9.47. The van der Waals surface area contributed by atoms with Gasteiger partial charge in [0.05, 0.1) is 0 Å². The highest BCUT2D eigenvalue weighted by molar-refractivity contribution is 4.79. The van der Waals surface area contributed by atoms with Crippen molar-refractivity contribution in [1.29, 1.82) is 0 Å². The van der Waals surface area contributed by atoms with Crippen LogP contribution in [0.15, 0.2) is 0 Å². The van der Waals surface area contributed by atoms with E-state index in [1.54, 1.807) is 0 Å². The first-order chi connectivity index (χ1) is 6.34. The largest absolute Gasteiger partial charge is 0.315 e. The van der Waals surface area contributed by atoms with Gasteiger partial charge in [0, 0.05) is 19.6 Å². The summed E-state index contributed by atoms with van der Waals surface area (Å²) >= 11 is 0. The number of nitrogens with zero attached hydrogens (tertiary/aromatic N) is 1. The first-order valence-corrected chi connectivity index (χ1v) is 5.74. The highest BCUT2D eigenvalue weighted by Crippen LogP contribution is 2.33. The van der Waals surface area contributed by atoms with Crippen LogP contribution in [0.5, 0.6) is 0 Å². The van der Waals surface area contributed by atoms with Gasteiger partial charge >= 0.3 is 0 Å². The Balaban J connectivity index is 1.87. The molecule has 1 aliphatic heterocycles. The van der Waals surface area contributed by atoms with E-state index in [9.17, 15) is 0 Å². The monoisotopic (exact) mass is 182 g/mol. The molecule has 2 aliphatic rings. The third-order valence-corrected chi connectivity index (χ3v) is 3.62. The van der Waals surface area contributed by atoms with Crippen LogP contribution in [0.3, 0.4) is 0 Å². The number of fused-ring (bicyclic) bond motifs is 2. The van der Waals surface area contributed by atoms with Gasteiger partial charge in [0.25, 0.3) is 0 Å². The highest BCUT2D eigenvalue weighted by atomic mass is 15.1. The predicted octanol–water partition coefficient (Wildman–Crippen LogP) is 1.33. The Bertz CT molecular complexity index is 158. The molecule has 2 fully saturated rings. The zero-order chi connectivity index (χ0) is 9.10.